The third-order valence-corrected chi connectivity index (χ3v) is 3.89. The fraction of sp³-hybridized carbons (Fsp3) is 0.882. The first-order chi connectivity index (χ1) is 11.0. The summed E-state index contributed by atoms with van der Waals surface area (Å²) in [5.74, 6) is 0. The fourth-order valence-electron chi connectivity index (χ4n) is 2.32. The first-order valence-corrected chi connectivity index (χ1v) is 8.69. The van der Waals surface area contributed by atoms with Gasteiger partial charge in [-0.2, -0.15) is 0 Å². The fourth-order valence-corrected chi connectivity index (χ4v) is 2.32. The Hall–Kier alpha value is -0.500. The molecule has 6 nitrogen and oxygen atoms in total. The molecule has 23 heavy (non-hydrogen) atoms. The first kappa shape index (κ1) is 22.5. The molecule has 0 fully saturated rings. The lowest BCUT2D eigenvalue weighted by Crippen LogP contribution is -2.49. The van der Waals surface area contributed by atoms with Crippen LogP contribution in [0.15, 0.2) is 12.2 Å². The minimum absolute atomic E-state index is 0.139. The van der Waals surface area contributed by atoms with Crippen molar-refractivity contribution in [2.24, 2.45) is 0 Å². The van der Waals surface area contributed by atoms with E-state index in [-0.39, 0.29) is 6.54 Å². The maximum atomic E-state index is 9.71. The number of aliphatic hydroxyl groups excluding tert-OH is 5. The lowest BCUT2D eigenvalue weighted by Gasteiger charge is -2.25. The van der Waals surface area contributed by atoms with Gasteiger partial charge in [0.25, 0.3) is 0 Å². The van der Waals surface area contributed by atoms with Gasteiger partial charge in [-0.05, 0) is 32.7 Å². The summed E-state index contributed by atoms with van der Waals surface area (Å²) in [6, 6.07) is 0. The van der Waals surface area contributed by atoms with Crippen molar-refractivity contribution in [2.75, 3.05) is 19.7 Å². The van der Waals surface area contributed by atoms with E-state index in [9.17, 15) is 20.4 Å². The molecule has 0 heterocycles. The van der Waals surface area contributed by atoms with E-state index in [0.717, 1.165) is 25.8 Å². The average Bonchev–Trinajstić information content (AvgIpc) is 2.57. The number of aliphatic hydroxyl groups is 5. The van der Waals surface area contributed by atoms with Gasteiger partial charge in [0.1, 0.15) is 18.3 Å². The Balaban J connectivity index is 3.50. The molecule has 0 aromatic rings. The quantitative estimate of drug-likeness (QED) is 0.190. The molecule has 0 aliphatic rings. The Bertz CT molecular complexity index is 288. The lowest BCUT2D eigenvalue weighted by molar-refractivity contribution is -0.113. The highest BCUT2D eigenvalue weighted by atomic mass is 16.4. The minimum atomic E-state index is -1.56. The molecule has 0 aromatic heterocycles. The van der Waals surface area contributed by atoms with Crippen LogP contribution >= 0.6 is 0 Å². The van der Waals surface area contributed by atoms with E-state index in [1.807, 2.05) is 6.92 Å². The predicted octanol–water partition coefficient (Wildman–Crippen LogP) is 0.319. The molecule has 0 aliphatic carbocycles. The maximum Gasteiger partial charge on any atom is 0.111 e. The van der Waals surface area contributed by atoms with E-state index in [2.05, 4.69) is 17.5 Å². The third-order valence-electron chi connectivity index (χ3n) is 3.89. The highest BCUT2D eigenvalue weighted by Gasteiger charge is 2.29. The summed E-state index contributed by atoms with van der Waals surface area (Å²) in [6.45, 7) is 2.26. The second kappa shape index (κ2) is 15.1. The van der Waals surface area contributed by atoms with Crippen LogP contribution in [0.1, 0.15) is 51.9 Å². The Labute approximate surface area is 139 Å². The van der Waals surface area contributed by atoms with E-state index in [0.29, 0.717) is 0 Å². The van der Waals surface area contributed by atoms with Gasteiger partial charge in [-0.15, -0.1) is 0 Å². The van der Waals surface area contributed by atoms with Crippen molar-refractivity contribution in [3.63, 3.8) is 0 Å². The Morgan fingerprint density at radius 3 is 2.00 bits per heavy atom. The Kier molecular flexibility index (Phi) is 14.7. The zero-order chi connectivity index (χ0) is 17.5. The van der Waals surface area contributed by atoms with E-state index >= 15 is 0 Å². The number of unbranched alkanes of at least 4 members (excludes halogenated alkanes) is 6. The van der Waals surface area contributed by atoms with Gasteiger partial charge in [0.05, 0.1) is 12.7 Å². The Morgan fingerprint density at radius 2 is 1.39 bits per heavy atom. The molecular weight excluding hydrogens is 298 g/mol. The molecule has 0 amide bonds. The van der Waals surface area contributed by atoms with Crippen LogP contribution in [0.5, 0.6) is 0 Å². The highest BCUT2D eigenvalue weighted by Crippen LogP contribution is 2.07. The van der Waals surface area contributed by atoms with E-state index in [4.69, 9.17) is 5.11 Å². The van der Waals surface area contributed by atoms with Gasteiger partial charge in [0.15, 0.2) is 0 Å². The molecule has 6 heteroatoms. The van der Waals surface area contributed by atoms with E-state index in [1.165, 1.54) is 25.7 Å². The summed E-state index contributed by atoms with van der Waals surface area (Å²) in [7, 11) is 0. The summed E-state index contributed by atoms with van der Waals surface area (Å²) in [6.07, 6.45) is 6.83. The standard InChI is InChI=1S/C17H35NO5/c1-2-3-4-5-6-7-8-9-10-11-18-12-14(20)16(22)17(23)15(21)13-19/h2-3,14-23H,4-13H2,1H3/b3-2-/t14-,15?,16?,17-/m1/s1. The molecule has 4 atom stereocenters. The van der Waals surface area contributed by atoms with Crippen LogP contribution in [0.4, 0.5) is 0 Å². The Morgan fingerprint density at radius 1 is 0.826 bits per heavy atom. The molecule has 0 bridgehead atoms. The summed E-state index contributed by atoms with van der Waals surface area (Å²) in [4.78, 5) is 0. The molecule has 0 aromatic carbocycles. The third kappa shape index (κ3) is 11.6. The van der Waals surface area contributed by atoms with Crippen LogP contribution in [0.3, 0.4) is 0 Å². The zero-order valence-electron chi connectivity index (χ0n) is 14.3. The molecule has 0 saturated heterocycles. The molecule has 0 rings (SSSR count). The summed E-state index contributed by atoms with van der Waals surface area (Å²) in [5.41, 5.74) is 0. The van der Waals surface area contributed by atoms with Crippen molar-refractivity contribution in [2.45, 2.75) is 76.3 Å². The van der Waals surface area contributed by atoms with Crippen LogP contribution in [-0.4, -0.2) is 69.6 Å². The molecule has 0 aliphatic heterocycles. The van der Waals surface area contributed by atoms with E-state index < -0.39 is 31.0 Å². The normalized spacial score (nSPS) is 17.3. The molecule has 0 radical (unpaired) electrons. The largest absolute Gasteiger partial charge is 0.394 e. The van der Waals surface area contributed by atoms with Crippen molar-refractivity contribution < 1.29 is 25.5 Å². The molecule has 6 N–H and O–H groups in total. The molecule has 0 spiro atoms. The second-order valence-electron chi connectivity index (χ2n) is 5.98. The summed E-state index contributed by atoms with van der Waals surface area (Å²) >= 11 is 0. The van der Waals surface area contributed by atoms with Crippen LogP contribution in [-0.2, 0) is 0 Å². The average molecular weight is 333 g/mol. The van der Waals surface area contributed by atoms with Crippen LogP contribution in [0.25, 0.3) is 0 Å². The van der Waals surface area contributed by atoms with Crippen molar-refractivity contribution in [1.29, 1.82) is 0 Å². The van der Waals surface area contributed by atoms with E-state index in [1.54, 1.807) is 0 Å². The molecule has 138 valence electrons. The SMILES string of the molecule is C/C=C\CCCCCCCCNC[C@@H](O)C(O)[C@H](O)C(O)CO. The van der Waals surface area contributed by atoms with Crippen molar-refractivity contribution in [1.82, 2.24) is 5.32 Å². The summed E-state index contributed by atoms with van der Waals surface area (Å²) < 4.78 is 0. The van der Waals surface area contributed by atoms with Gasteiger partial charge >= 0.3 is 0 Å². The lowest BCUT2D eigenvalue weighted by atomic mass is 10.0. The molecular formula is C17H35NO5. The van der Waals surface area contributed by atoms with Gasteiger partial charge in [-0.25, -0.2) is 0 Å². The molecule has 0 saturated carbocycles. The minimum Gasteiger partial charge on any atom is -0.394 e. The summed E-state index contributed by atoms with van der Waals surface area (Å²) in [5, 5.41) is 49.7. The smallest absolute Gasteiger partial charge is 0.111 e. The van der Waals surface area contributed by atoms with Crippen molar-refractivity contribution >= 4 is 0 Å². The second-order valence-corrected chi connectivity index (χ2v) is 5.98. The van der Waals surface area contributed by atoms with Gasteiger partial charge in [0.2, 0.25) is 0 Å². The number of allylic oxidation sites excluding steroid dienone is 2. The highest BCUT2D eigenvalue weighted by molar-refractivity contribution is 4.81. The van der Waals surface area contributed by atoms with Crippen LogP contribution in [0, 0.1) is 0 Å². The van der Waals surface area contributed by atoms with Gasteiger partial charge in [-0.1, -0.05) is 37.8 Å². The number of hydrogen-bond donors (Lipinski definition) is 6. The van der Waals surface area contributed by atoms with Crippen molar-refractivity contribution in [3.8, 4) is 0 Å². The topological polar surface area (TPSA) is 113 Å². The number of nitrogens with one attached hydrogen (secondary N) is 1. The van der Waals surface area contributed by atoms with Gasteiger partial charge in [0, 0.05) is 6.54 Å². The van der Waals surface area contributed by atoms with Crippen LogP contribution in [0.2, 0.25) is 0 Å². The predicted molar refractivity (Wildman–Crippen MR) is 91.1 cm³/mol. The van der Waals surface area contributed by atoms with Gasteiger partial charge < -0.3 is 30.8 Å². The number of hydrogen-bond acceptors (Lipinski definition) is 6. The number of rotatable bonds is 15. The first-order valence-electron chi connectivity index (χ1n) is 8.69. The monoisotopic (exact) mass is 333 g/mol. The zero-order valence-corrected chi connectivity index (χ0v) is 14.3. The van der Waals surface area contributed by atoms with Crippen molar-refractivity contribution in [3.05, 3.63) is 12.2 Å². The van der Waals surface area contributed by atoms with Crippen LogP contribution < -0.4 is 5.32 Å². The maximum absolute atomic E-state index is 9.71. The van der Waals surface area contributed by atoms with Gasteiger partial charge in [-0.3, -0.25) is 0 Å². The molecule has 2 unspecified atom stereocenters.